The van der Waals surface area contributed by atoms with Crippen molar-refractivity contribution in [2.75, 3.05) is 19.7 Å². The van der Waals surface area contributed by atoms with Gasteiger partial charge >= 0.3 is 18.0 Å². The number of rotatable bonds is 5. The summed E-state index contributed by atoms with van der Waals surface area (Å²) in [6.45, 7) is 5.75. The molecule has 1 aliphatic heterocycles. The first kappa shape index (κ1) is 16.3. The predicted octanol–water partition coefficient (Wildman–Crippen LogP) is 0.929. The third-order valence-corrected chi connectivity index (χ3v) is 3.26. The van der Waals surface area contributed by atoms with E-state index in [4.69, 9.17) is 9.84 Å². The van der Waals surface area contributed by atoms with E-state index >= 15 is 0 Å². The lowest BCUT2D eigenvalue weighted by molar-refractivity contribution is -0.144. The molecule has 114 valence electrons. The Morgan fingerprint density at radius 2 is 2.05 bits per heavy atom. The topological polar surface area (TPSA) is 87.2 Å². The number of hydrogen-bond acceptors (Lipinski definition) is 4. The molecule has 0 aromatic heterocycles. The molecule has 7 nitrogen and oxygen atoms in total. The van der Waals surface area contributed by atoms with E-state index in [0.29, 0.717) is 19.4 Å². The minimum atomic E-state index is -1.00. The van der Waals surface area contributed by atoms with Crippen molar-refractivity contribution in [2.24, 2.45) is 0 Å². The van der Waals surface area contributed by atoms with Crippen LogP contribution in [0.25, 0.3) is 0 Å². The first-order valence-corrected chi connectivity index (χ1v) is 6.84. The van der Waals surface area contributed by atoms with Crippen LogP contribution in [-0.2, 0) is 14.3 Å². The molecule has 0 aromatic rings. The van der Waals surface area contributed by atoms with E-state index in [1.807, 2.05) is 0 Å². The van der Waals surface area contributed by atoms with Gasteiger partial charge in [-0.15, -0.1) is 0 Å². The number of ether oxygens (including phenoxy) is 1. The van der Waals surface area contributed by atoms with E-state index in [2.05, 4.69) is 0 Å². The lowest BCUT2D eigenvalue weighted by Crippen LogP contribution is -2.51. The highest BCUT2D eigenvalue weighted by molar-refractivity contribution is 5.86. The van der Waals surface area contributed by atoms with Gasteiger partial charge in [-0.25, -0.2) is 9.59 Å². The van der Waals surface area contributed by atoms with Crippen LogP contribution in [0.1, 0.15) is 33.6 Å². The van der Waals surface area contributed by atoms with Crippen LogP contribution in [0.15, 0.2) is 0 Å². The van der Waals surface area contributed by atoms with Crippen molar-refractivity contribution in [3.8, 4) is 0 Å². The van der Waals surface area contributed by atoms with Gasteiger partial charge in [0.15, 0.2) is 0 Å². The van der Waals surface area contributed by atoms with Gasteiger partial charge in [-0.1, -0.05) is 0 Å². The second-order valence-electron chi connectivity index (χ2n) is 5.00. The molecule has 1 unspecified atom stereocenters. The van der Waals surface area contributed by atoms with E-state index in [0.717, 1.165) is 0 Å². The fourth-order valence-electron chi connectivity index (χ4n) is 2.23. The fraction of sp³-hybridized carbons (Fsp3) is 0.769. The Balaban J connectivity index is 2.78. The average molecular weight is 286 g/mol. The minimum absolute atomic E-state index is 0.160. The number of carbonyl (C=O) groups excluding carboxylic acids is 2. The molecule has 1 atom stereocenters. The second-order valence-corrected chi connectivity index (χ2v) is 5.00. The van der Waals surface area contributed by atoms with Gasteiger partial charge in [-0.2, -0.15) is 0 Å². The summed E-state index contributed by atoms with van der Waals surface area (Å²) in [5.74, 6) is -1.49. The monoisotopic (exact) mass is 286 g/mol. The van der Waals surface area contributed by atoms with Crippen LogP contribution >= 0.6 is 0 Å². The molecule has 2 amide bonds. The molecule has 1 fully saturated rings. The van der Waals surface area contributed by atoms with E-state index in [1.165, 1.54) is 9.80 Å². The van der Waals surface area contributed by atoms with Gasteiger partial charge in [-0.05, 0) is 33.6 Å². The summed E-state index contributed by atoms with van der Waals surface area (Å²) in [5, 5.41) is 9.12. The number of carboxylic acid groups (broad SMARTS) is 1. The van der Waals surface area contributed by atoms with Crippen molar-refractivity contribution in [1.29, 1.82) is 0 Å². The second kappa shape index (κ2) is 7.12. The molecule has 0 spiro atoms. The highest BCUT2D eigenvalue weighted by Gasteiger charge is 2.37. The maximum absolute atomic E-state index is 12.4. The van der Waals surface area contributed by atoms with E-state index < -0.39 is 24.0 Å². The lowest BCUT2D eigenvalue weighted by Gasteiger charge is -2.32. The molecule has 1 saturated heterocycles. The van der Waals surface area contributed by atoms with Crippen molar-refractivity contribution in [3.63, 3.8) is 0 Å². The van der Waals surface area contributed by atoms with Gasteiger partial charge < -0.3 is 19.6 Å². The normalized spacial score (nSPS) is 18.2. The van der Waals surface area contributed by atoms with Gasteiger partial charge in [0.25, 0.3) is 0 Å². The fourth-order valence-corrected chi connectivity index (χ4v) is 2.23. The Labute approximate surface area is 118 Å². The standard InChI is InChI=1S/C13H22N2O5/c1-4-20-11(16)8-15(9(2)3)13(19)14-7-5-6-10(14)12(17)18/h9-10H,4-8H2,1-3H3,(H,17,18). The number of aliphatic carboxylic acids is 1. The Morgan fingerprint density at radius 3 is 2.55 bits per heavy atom. The molecule has 1 N–H and O–H groups in total. The average Bonchev–Trinajstić information content (AvgIpc) is 2.84. The quantitative estimate of drug-likeness (QED) is 0.760. The number of amides is 2. The summed E-state index contributed by atoms with van der Waals surface area (Å²) >= 11 is 0. The zero-order valence-electron chi connectivity index (χ0n) is 12.2. The van der Waals surface area contributed by atoms with E-state index in [1.54, 1.807) is 20.8 Å². The molecule has 0 aliphatic carbocycles. The van der Waals surface area contributed by atoms with Crippen LogP contribution in [0, 0.1) is 0 Å². The summed E-state index contributed by atoms with van der Waals surface area (Å²) in [4.78, 5) is 37.8. The first-order valence-electron chi connectivity index (χ1n) is 6.84. The molecule has 1 rings (SSSR count). The molecular weight excluding hydrogens is 264 g/mol. The van der Waals surface area contributed by atoms with Crippen molar-refractivity contribution >= 4 is 18.0 Å². The molecule has 20 heavy (non-hydrogen) atoms. The zero-order chi connectivity index (χ0) is 15.3. The van der Waals surface area contributed by atoms with Gasteiger partial charge in [0.2, 0.25) is 0 Å². The Bertz CT molecular complexity index is 383. The minimum Gasteiger partial charge on any atom is -0.480 e. The Hall–Kier alpha value is -1.79. The summed E-state index contributed by atoms with van der Waals surface area (Å²) in [5.41, 5.74) is 0. The lowest BCUT2D eigenvalue weighted by atomic mass is 10.2. The van der Waals surface area contributed by atoms with Crippen LogP contribution in [-0.4, -0.2) is 64.7 Å². The number of carbonyl (C=O) groups is 3. The molecule has 0 radical (unpaired) electrons. The summed E-state index contributed by atoms with van der Waals surface area (Å²) in [6.07, 6.45) is 1.11. The van der Waals surface area contributed by atoms with Crippen molar-refractivity contribution < 1.29 is 24.2 Å². The summed E-state index contributed by atoms with van der Waals surface area (Å²) in [6, 6.07) is -1.43. The summed E-state index contributed by atoms with van der Waals surface area (Å²) in [7, 11) is 0. The van der Waals surface area contributed by atoms with Crippen molar-refractivity contribution in [3.05, 3.63) is 0 Å². The number of hydrogen-bond donors (Lipinski definition) is 1. The number of esters is 1. The number of carboxylic acids is 1. The van der Waals surface area contributed by atoms with Crippen LogP contribution < -0.4 is 0 Å². The maximum Gasteiger partial charge on any atom is 0.326 e. The molecule has 1 aliphatic rings. The van der Waals surface area contributed by atoms with Crippen LogP contribution in [0.5, 0.6) is 0 Å². The maximum atomic E-state index is 12.4. The third-order valence-electron chi connectivity index (χ3n) is 3.26. The number of urea groups is 1. The predicted molar refractivity (Wildman–Crippen MR) is 71.2 cm³/mol. The van der Waals surface area contributed by atoms with Crippen molar-refractivity contribution in [1.82, 2.24) is 9.80 Å². The molecule has 0 aromatic carbocycles. The largest absolute Gasteiger partial charge is 0.480 e. The molecule has 7 heteroatoms. The van der Waals surface area contributed by atoms with Crippen LogP contribution in [0.4, 0.5) is 4.79 Å². The highest BCUT2D eigenvalue weighted by atomic mass is 16.5. The van der Waals surface area contributed by atoms with Gasteiger partial charge in [0, 0.05) is 12.6 Å². The van der Waals surface area contributed by atoms with Crippen LogP contribution in [0.3, 0.4) is 0 Å². The number of likely N-dealkylation sites (tertiary alicyclic amines) is 1. The Kier molecular flexibility index (Phi) is 5.79. The molecule has 1 heterocycles. The molecule has 0 saturated carbocycles. The number of nitrogens with zero attached hydrogens (tertiary/aromatic N) is 2. The highest BCUT2D eigenvalue weighted by Crippen LogP contribution is 2.20. The van der Waals surface area contributed by atoms with Crippen LogP contribution in [0.2, 0.25) is 0 Å². The van der Waals surface area contributed by atoms with Gasteiger partial charge in [-0.3, -0.25) is 4.79 Å². The van der Waals surface area contributed by atoms with Gasteiger partial charge in [0.1, 0.15) is 12.6 Å². The van der Waals surface area contributed by atoms with E-state index in [9.17, 15) is 14.4 Å². The molecular formula is C13H22N2O5. The van der Waals surface area contributed by atoms with E-state index in [-0.39, 0.29) is 19.2 Å². The third kappa shape index (κ3) is 3.85. The van der Waals surface area contributed by atoms with Gasteiger partial charge in [0.05, 0.1) is 6.61 Å². The Morgan fingerprint density at radius 1 is 1.40 bits per heavy atom. The first-order chi connectivity index (χ1) is 9.38. The summed E-state index contributed by atoms with van der Waals surface area (Å²) < 4.78 is 4.84. The SMILES string of the molecule is CCOC(=O)CN(C(=O)N1CCCC1C(=O)O)C(C)C. The smallest absolute Gasteiger partial charge is 0.326 e. The molecule has 0 bridgehead atoms. The zero-order valence-corrected chi connectivity index (χ0v) is 12.2. The van der Waals surface area contributed by atoms with Crippen molar-refractivity contribution in [2.45, 2.75) is 45.7 Å².